The fourth-order valence-corrected chi connectivity index (χ4v) is 3.73. The molecule has 0 aliphatic rings. The Morgan fingerprint density at radius 1 is 1.31 bits per heavy atom. The van der Waals surface area contributed by atoms with Crippen molar-refractivity contribution in [2.75, 3.05) is 10.6 Å². The van der Waals surface area contributed by atoms with Crippen molar-refractivity contribution in [1.82, 2.24) is 5.32 Å². The van der Waals surface area contributed by atoms with Gasteiger partial charge in [0.15, 0.2) is 0 Å². The van der Waals surface area contributed by atoms with E-state index in [1.54, 1.807) is 13.8 Å². The molecule has 0 aliphatic heterocycles. The van der Waals surface area contributed by atoms with Crippen LogP contribution in [0.25, 0.3) is 0 Å². The van der Waals surface area contributed by atoms with Crippen molar-refractivity contribution in [2.45, 2.75) is 53.1 Å². The van der Waals surface area contributed by atoms with Gasteiger partial charge >= 0.3 is 0 Å². The summed E-state index contributed by atoms with van der Waals surface area (Å²) in [4.78, 5) is 23.2. The summed E-state index contributed by atoms with van der Waals surface area (Å²) < 4.78 is 25.9. The number of carbonyl (C=O) groups excluding carboxylic acids is 1. The van der Waals surface area contributed by atoms with E-state index >= 15 is 0 Å². The van der Waals surface area contributed by atoms with E-state index in [0.717, 1.165) is 10.6 Å². The number of nitro benzene ring substituents is 1. The third-order valence-electron chi connectivity index (χ3n) is 4.34. The number of rotatable bonds is 8. The van der Waals surface area contributed by atoms with Gasteiger partial charge in [0.2, 0.25) is 15.9 Å². The maximum absolute atomic E-state index is 12.7. The van der Waals surface area contributed by atoms with E-state index in [-0.39, 0.29) is 29.8 Å². The molecule has 0 fully saturated rings. The Morgan fingerprint density at radius 3 is 2.31 bits per heavy atom. The largest absolute Gasteiger partial charge is 0.352 e. The minimum absolute atomic E-state index is 0.135. The Hall–Kier alpha value is -2.16. The van der Waals surface area contributed by atoms with Gasteiger partial charge in [-0.1, -0.05) is 26.8 Å². The van der Waals surface area contributed by atoms with Crippen LogP contribution >= 0.6 is 0 Å². The zero-order chi connectivity index (χ0) is 20.2. The molecule has 1 aromatic carbocycles. The number of non-ortho nitro benzene ring substituents is 1. The molecular formula is C17H27N3O5S. The predicted molar refractivity (Wildman–Crippen MR) is 102 cm³/mol. The number of nitrogens with one attached hydrogen (secondary N) is 1. The van der Waals surface area contributed by atoms with Crippen LogP contribution in [0.4, 0.5) is 11.4 Å². The second-order valence-electron chi connectivity index (χ2n) is 6.75. The lowest BCUT2D eigenvalue weighted by molar-refractivity contribution is -0.384. The maximum Gasteiger partial charge on any atom is 0.271 e. The van der Waals surface area contributed by atoms with Gasteiger partial charge in [-0.15, -0.1) is 0 Å². The molecule has 1 rings (SSSR count). The molecule has 0 saturated carbocycles. The lowest BCUT2D eigenvalue weighted by atomic mass is 10.1. The molecule has 2 atom stereocenters. The number of carbonyl (C=O) groups is 1. The van der Waals surface area contributed by atoms with Gasteiger partial charge in [-0.05, 0) is 31.7 Å². The molecular weight excluding hydrogens is 358 g/mol. The van der Waals surface area contributed by atoms with E-state index < -0.39 is 26.9 Å². The van der Waals surface area contributed by atoms with E-state index in [0.29, 0.717) is 5.56 Å². The smallest absolute Gasteiger partial charge is 0.271 e. The molecule has 0 aliphatic carbocycles. The number of hydrogen-bond acceptors (Lipinski definition) is 5. The summed E-state index contributed by atoms with van der Waals surface area (Å²) in [7, 11) is -3.85. The van der Waals surface area contributed by atoms with Crippen LogP contribution in [0.3, 0.4) is 0 Å². The Kier molecular flexibility index (Phi) is 7.14. The highest BCUT2D eigenvalue weighted by Gasteiger charge is 2.34. The molecule has 0 spiro atoms. The van der Waals surface area contributed by atoms with Crippen LogP contribution < -0.4 is 9.62 Å². The summed E-state index contributed by atoms with van der Waals surface area (Å²) in [6, 6.07) is 2.85. The lowest BCUT2D eigenvalue weighted by Gasteiger charge is -2.32. The Balaban J connectivity index is 3.44. The third kappa shape index (κ3) is 5.17. The van der Waals surface area contributed by atoms with Crippen molar-refractivity contribution in [3.8, 4) is 0 Å². The van der Waals surface area contributed by atoms with Crippen molar-refractivity contribution in [3.63, 3.8) is 0 Å². The summed E-state index contributed by atoms with van der Waals surface area (Å²) >= 11 is 0. The predicted octanol–water partition coefficient (Wildman–Crippen LogP) is 2.61. The van der Waals surface area contributed by atoms with Gasteiger partial charge in [0.1, 0.15) is 6.04 Å². The molecule has 8 nitrogen and oxygen atoms in total. The highest BCUT2D eigenvalue weighted by molar-refractivity contribution is 7.92. The maximum atomic E-state index is 12.7. The van der Waals surface area contributed by atoms with Crippen LogP contribution in [-0.4, -0.2) is 37.6 Å². The van der Waals surface area contributed by atoms with Crippen molar-refractivity contribution >= 4 is 27.3 Å². The average Bonchev–Trinajstić information content (AvgIpc) is 2.51. The molecule has 1 aromatic rings. The number of benzene rings is 1. The highest BCUT2D eigenvalue weighted by Crippen LogP contribution is 2.30. The number of sulfonamides is 1. The number of nitro groups is 1. The topological polar surface area (TPSA) is 110 Å². The van der Waals surface area contributed by atoms with Gasteiger partial charge in [-0.25, -0.2) is 8.42 Å². The second kappa shape index (κ2) is 8.48. The van der Waals surface area contributed by atoms with Gasteiger partial charge < -0.3 is 5.32 Å². The Bertz CT molecular complexity index is 777. The first-order chi connectivity index (χ1) is 11.9. The first kappa shape index (κ1) is 21.9. The fourth-order valence-electron chi connectivity index (χ4n) is 2.47. The van der Waals surface area contributed by atoms with Gasteiger partial charge in [0.05, 0.1) is 16.9 Å². The van der Waals surface area contributed by atoms with Crippen LogP contribution in [0.15, 0.2) is 18.2 Å². The van der Waals surface area contributed by atoms with E-state index in [4.69, 9.17) is 0 Å². The summed E-state index contributed by atoms with van der Waals surface area (Å²) in [5.41, 5.74) is 0.440. The van der Waals surface area contributed by atoms with Crippen molar-refractivity contribution in [3.05, 3.63) is 33.9 Å². The number of hydrogen-bond donors (Lipinski definition) is 1. The number of aryl methyl sites for hydroxylation is 1. The van der Waals surface area contributed by atoms with E-state index in [1.165, 1.54) is 18.2 Å². The normalized spacial score (nSPS) is 14.0. The van der Waals surface area contributed by atoms with Crippen LogP contribution in [0, 0.1) is 23.0 Å². The zero-order valence-electron chi connectivity index (χ0n) is 16.0. The first-order valence-electron chi connectivity index (χ1n) is 8.44. The first-order valence-corrected chi connectivity index (χ1v) is 10.3. The molecule has 0 heterocycles. The zero-order valence-corrected chi connectivity index (χ0v) is 16.8. The van der Waals surface area contributed by atoms with E-state index in [1.807, 2.05) is 20.8 Å². The minimum Gasteiger partial charge on any atom is -0.352 e. The number of anilines is 1. The molecule has 146 valence electrons. The highest BCUT2D eigenvalue weighted by atomic mass is 32.2. The van der Waals surface area contributed by atoms with Gasteiger partial charge in [0, 0.05) is 18.2 Å². The van der Waals surface area contributed by atoms with Crippen LogP contribution in [0.1, 0.15) is 39.7 Å². The SMILES string of the molecule is CCC(C(=O)NC(C)C(C)C)N(c1cc([N+](=O)[O-])ccc1C)S(C)(=O)=O. The molecule has 2 unspecified atom stereocenters. The minimum atomic E-state index is -3.85. The molecule has 0 bridgehead atoms. The van der Waals surface area contributed by atoms with Crippen molar-refractivity contribution in [1.29, 1.82) is 0 Å². The molecule has 26 heavy (non-hydrogen) atoms. The van der Waals surface area contributed by atoms with Crippen LogP contribution in [0.5, 0.6) is 0 Å². The third-order valence-corrected chi connectivity index (χ3v) is 5.51. The summed E-state index contributed by atoms with van der Waals surface area (Å²) in [6.45, 7) is 9.10. The quantitative estimate of drug-likeness (QED) is 0.546. The lowest BCUT2D eigenvalue weighted by Crippen LogP contribution is -2.52. The number of nitrogens with zero attached hydrogens (tertiary/aromatic N) is 2. The van der Waals surface area contributed by atoms with Crippen molar-refractivity contribution < 1.29 is 18.1 Å². The summed E-state index contributed by atoms with van der Waals surface area (Å²) in [5, 5.41) is 13.9. The molecule has 0 saturated heterocycles. The monoisotopic (exact) mass is 385 g/mol. The molecule has 0 aromatic heterocycles. The Morgan fingerprint density at radius 2 is 1.88 bits per heavy atom. The molecule has 9 heteroatoms. The van der Waals surface area contributed by atoms with Crippen LogP contribution in [0.2, 0.25) is 0 Å². The van der Waals surface area contributed by atoms with E-state index in [9.17, 15) is 23.3 Å². The Labute approximate surface area is 154 Å². The van der Waals surface area contributed by atoms with Gasteiger partial charge in [-0.3, -0.25) is 19.2 Å². The van der Waals surface area contributed by atoms with E-state index in [2.05, 4.69) is 5.32 Å². The second-order valence-corrected chi connectivity index (χ2v) is 8.61. The summed E-state index contributed by atoms with van der Waals surface area (Å²) in [6.07, 6.45) is 1.22. The average molecular weight is 385 g/mol. The van der Waals surface area contributed by atoms with Crippen LogP contribution in [-0.2, 0) is 14.8 Å². The van der Waals surface area contributed by atoms with Crippen molar-refractivity contribution in [2.24, 2.45) is 5.92 Å². The number of amides is 1. The molecule has 0 radical (unpaired) electrons. The van der Waals surface area contributed by atoms with Gasteiger partial charge in [0.25, 0.3) is 5.69 Å². The standard InChI is InChI=1S/C17H27N3O5S/c1-7-15(17(21)18-13(5)11(2)3)19(26(6,24)25)16-10-14(20(22)23)9-8-12(16)4/h8-11,13,15H,7H2,1-6H3,(H,18,21). The molecule has 1 amide bonds. The van der Waals surface area contributed by atoms with Gasteiger partial charge in [-0.2, -0.15) is 0 Å². The molecule has 1 N–H and O–H groups in total. The fraction of sp³-hybridized carbons (Fsp3) is 0.588. The summed E-state index contributed by atoms with van der Waals surface area (Å²) in [5.74, 6) is -0.243.